The molecule has 0 spiro atoms. The normalized spacial score (nSPS) is 16.9. The second-order valence-corrected chi connectivity index (χ2v) is 6.09. The number of carbonyl (C=O) groups is 2. The number of rotatable bonds is 1. The molecular formula is C18H17ClN2O2. The van der Waals surface area contributed by atoms with Gasteiger partial charge < -0.3 is 9.80 Å². The number of fused-ring (bicyclic) bond motifs is 1. The van der Waals surface area contributed by atoms with Crippen molar-refractivity contribution in [2.24, 2.45) is 0 Å². The number of para-hydroxylation sites is 2. The lowest BCUT2D eigenvalue weighted by molar-refractivity contribution is -0.117. The first-order chi connectivity index (χ1) is 11.0. The third kappa shape index (κ3) is 2.82. The molecule has 0 unspecified atom stereocenters. The molecule has 2 aromatic rings. The van der Waals surface area contributed by atoms with Gasteiger partial charge in [0.1, 0.15) is 0 Å². The average Bonchev–Trinajstić information content (AvgIpc) is 2.53. The Morgan fingerprint density at radius 1 is 1.09 bits per heavy atom. The van der Waals surface area contributed by atoms with Gasteiger partial charge in [0.2, 0.25) is 5.91 Å². The summed E-state index contributed by atoms with van der Waals surface area (Å²) in [5, 5.41) is 0.527. The molecule has 2 aromatic carbocycles. The van der Waals surface area contributed by atoms with Crippen LogP contribution < -0.4 is 9.80 Å². The highest BCUT2D eigenvalue weighted by molar-refractivity contribution is 6.31. The maximum Gasteiger partial charge on any atom is 0.258 e. The van der Waals surface area contributed by atoms with Gasteiger partial charge in [-0.25, -0.2) is 0 Å². The molecule has 2 amide bonds. The van der Waals surface area contributed by atoms with E-state index in [1.54, 1.807) is 41.0 Å². The molecule has 3 rings (SSSR count). The van der Waals surface area contributed by atoms with Gasteiger partial charge in [-0.3, -0.25) is 9.59 Å². The second-order valence-electron chi connectivity index (χ2n) is 5.65. The first-order valence-corrected chi connectivity index (χ1v) is 7.83. The van der Waals surface area contributed by atoms with Crippen LogP contribution in [0, 0.1) is 0 Å². The molecule has 0 bridgehead atoms. The zero-order valence-corrected chi connectivity index (χ0v) is 13.7. The quantitative estimate of drug-likeness (QED) is 0.800. The van der Waals surface area contributed by atoms with Crippen LogP contribution in [0.5, 0.6) is 0 Å². The second kappa shape index (κ2) is 6.05. The molecule has 0 aromatic heterocycles. The Balaban J connectivity index is 2.05. The van der Waals surface area contributed by atoms with Gasteiger partial charge in [-0.15, -0.1) is 0 Å². The number of anilines is 2. The Kier molecular flexibility index (Phi) is 4.09. The maximum absolute atomic E-state index is 12.9. The molecule has 0 saturated heterocycles. The van der Waals surface area contributed by atoms with Crippen molar-refractivity contribution in [3.8, 4) is 0 Å². The van der Waals surface area contributed by atoms with Crippen molar-refractivity contribution in [1.29, 1.82) is 0 Å². The first-order valence-electron chi connectivity index (χ1n) is 7.45. The molecule has 0 saturated carbocycles. The molecule has 5 heteroatoms. The van der Waals surface area contributed by atoms with Crippen molar-refractivity contribution in [3.63, 3.8) is 0 Å². The number of hydrogen-bond donors (Lipinski definition) is 0. The van der Waals surface area contributed by atoms with Crippen LogP contribution in [0.1, 0.15) is 24.2 Å². The minimum atomic E-state index is -0.116. The van der Waals surface area contributed by atoms with Gasteiger partial charge in [0.05, 0.1) is 17.4 Å². The van der Waals surface area contributed by atoms with Gasteiger partial charge >= 0.3 is 0 Å². The Bertz CT molecular complexity index is 775. The molecule has 23 heavy (non-hydrogen) atoms. The number of carbonyl (C=O) groups excluding carboxylic acids is 2. The van der Waals surface area contributed by atoms with E-state index >= 15 is 0 Å². The smallest absolute Gasteiger partial charge is 0.258 e. The topological polar surface area (TPSA) is 40.6 Å². The van der Waals surface area contributed by atoms with Crippen LogP contribution in [0.3, 0.4) is 0 Å². The van der Waals surface area contributed by atoms with E-state index in [0.29, 0.717) is 17.1 Å². The number of hydrogen-bond acceptors (Lipinski definition) is 2. The zero-order chi connectivity index (χ0) is 16.6. The Morgan fingerprint density at radius 3 is 2.43 bits per heavy atom. The number of halogens is 1. The molecule has 4 nitrogen and oxygen atoms in total. The van der Waals surface area contributed by atoms with Crippen LogP contribution in [0.2, 0.25) is 5.02 Å². The summed E-state index contributed by atoms with van der Waals surface area (Å²) >= 11 is 6.00. The maximum atomic E-state index is 12.9. The van der Waals surface area contributed by atoms with Crippen molar-refractivity contribution in [1.82, 2.24) is 0 Å². The zero-order valence-electron chi connectivity index (χ0n) is 13.0. The molecule has 1 aliphatic heterocycles. The lowest BCUT2D eigenvalue weighted by atomic mass is 10.1. The van der Waals surface area contributed by atoms with Crippen LogP contribution in [0.25, 0.3) is 0 Å². The third-order valence-electron chi connectivity index (χ3n) is 3.98. The fourth-order valence-corrected chi connectivity index (χ4v) is 3.22. The molecule has 0 fully saturated rings. The summed E-state index contributed by atoms with van der Waals surface area (Å²) in [6, 6.07) is 14.3. The summed E-state index contributed by atoms with van der Waals surface area (Å²) in [6.07, 6.45) is 0. The van der Waals surface area contributed by atoms with E-state index in [0.717, 1.165) is 11.4 Å². The van der Waals surface area contributed by atoms with Crippen molar-refractivity contribution < 1.29 is 9.59 Å². The van der Waals surface area contributed by atoms with Gasteiger partial charge in [0, 0.05) is 24.1 Å². The summed E-state index contributed by atoms with van der Waals surface area (Å²) in [7, 11) is 0. The van der Waals surface area contributed by atoms with E-state index in [2.05, 4.69) is 0 Å². The van der Waals surface area contributed by atoms with Gasteiger partial charge in [0.15, 0.2) is 0 Å². The van der Waals surface area contributed by atoms with E-state index in [-0.39, 0.29) is 17.9 Å². The van der Waals surface area contributed by atoms with Gasteiger partial charge in [-0.2, -0.15) is 0 Å². The molecule has 1 atom stereocenters. The number of nitrogens with zero attached hydrogens (tertiary/aromatic N) is 2. The van der Waals surface area contributed by atoms with Crippen molar-refractivity contribution >= 4 is 34.8 Å². The molecule has 0 aliphatic carbocycles. The highest BCUT2D eigenvalue weighted by atomic mass is 35.5. The standard InChI is InChI=1S/C18H17ClN2O2/c1-12-11-20(18(23)14-6-5-7-15(19)10-14)16-8-3-4-9-17(16)21(12)13(2)22/h3-10,12H,11H2,1-2H3/t12-/m0/s1. The average molecular weight is 329 g/mol. The first kappa shape index (κ1) is 15.6. The highest BCUT2D eigenvalue weighted by Gasteiger charge is 2.33. The lowest BCUT2D eigenvalue weighted by Crippen LogP contribution is -2.51. The third-order valence-corrected chi connectivity index (χ3v) is 4.21. The van der Waals surface area contributed by atoms with Crippen molar-refractivity contribution in [2.75, 3.05) is 16.3 Å². The molecular weight excluding hydrogens is 312 g/mol. The van der Waals surface area contributed by atoms with Crippen molar-refractivity contribution in [2.45, 2.75) is 19.9 Å². The Labute approximate surface area is 140 Å². The van der Waals surface area contributed by atoms with E-state index in [9.17, 15) is 9.59 Å². The number of benzene rings is 2. The largest absolute Gasteiger partial charge is 0.306 e. The van der Waals surface area contributed by atoms with E-state index in [1.165, 1.54) is 0 Å². The van der Waals surface area contributed by atoms with E-state index in [4.69, 9.17) is 11.6 Å². The summed E-state index contributed by atoms with van der Waals surface area (Å²) in [5.41, 5.74) is 2.04. The summed E-state index contributed by atoms with van der Waals surface area (Å²) in [4.78, 5) is 28.3. The van der Waals surface area contributed by atoms with Gasteiger partial charge in [-0.1, -0.05) is 29.8 Å². The minimum absolute atomic E-state index is 0.0280. The van der Waals surface area contributed by atoms with Crippen LogP contribution in [-0.4, -0.2) is 24.4 Å². The van der Waals surface area contributed by atoms with Crippen LogP contribution >= 0.6 is 11.6 Å². The minimum Gasteiger partial charge on any atom is -0.306 e. The van der Waals surface area contributed by atoms with Crippen LogP contribution in [0.15, 0.2) is 48.5 Å². The fourth-order valence-electron chi connectivity index (χ4n) is 3.03. The monoisotopic (exact) mass is 328 g/mol. The van der Waals surface area contributed by atoms with Crippen molar-refractivity contribution in [3.05, 3.63) is 59.1 Å². The molecule has 1 aliphatic rings. The Hall–Kier alpha value is -2.33. The molecule has 0 radical (unpaired) electrons. The summed E-state index contributed by atoms with van der Waals surface area (Å²) in [5.74, 6) is -0.144. The molecule has 118 valence electrons. The lowest BCUT2D eigenvalue weighted by Gasteiger charge is -2.40. The molecule has 0 N–H and O–H groups in total. The summed E-state index contributed by atoms with van der Waals surface area (Å²) < 4.78 is 0. The SMILES string of the molecule is CC(=O)N1c2ccccc2N(C(=O)c2cccc(Cl)c2)C[C@@H]1C. The molecule has 1 heterocycles. The number of amides is 2. The Morgan fingerprint density at radius 2 is 1.78 bits per heavy atom. The van der Waals surface area contributed by atoms with Crippen LogP contribution in [0.4, 0.5) is 11.4 Å². The predicted octanol–water partition coefficient (Wildman–Crippen LogP) is 3.74. The fraction of sp³-hybridized carbons (Fsp3) is 0.222. The summed E-state index contributed by atoms with van der Waals surface area (Å²) in [6.45, 7) is 3.93. The van der Waals surface area contributed by atoms with Gasteiger partial charge in [-0.05, 0) is 37.3 Å². The van der Waals surface area contributed by atoms with Crippen LogP contribution in [-0.2, 0) is 4.79 Å². The van der Waals surface area contributed by atoms with E-state index < -0.39 is 0 Å². The highest BCUT2D eigenvalue weighted by Crippen LogP contribution is 2.36. The van der Waals surface area contributed by atoms with E-state index in [1.807, 2.05) is 31.2 Å². The predicted molar refractivity (Wildman–Crippen MR) is 92.2 cm³/mol. The van der Waals surface area contributed by atoms with Gasteiger partial charge in [0.25, 0.3) is 5.91 Å².